The van der Waals surface area contributed by atoms with Crippen molar-refractivity contribution in [1.82, 2.24) is 20.3 Å². The first-order valence-corrected chi connectivity index (χ1v) is 9.96. The normalized spacial score (nSPS) is 15.2. The van der Waals surface area contributed by atoms with Gasteiger partial charge in [0.15, 0.2) is 0 Å². The number of pyridine rings is 1. The van der Waals surface area contributed by atoms with Crippen molar-refractivity contribution in [1.29, 1.82) is 0 Å². The van der Waals surface area contributed by atoms with Crippen molar-refractivity contribution in [3.05, 3.63) is 42.9 Å². The molecule has 2 N–H and O–H groups in total. The number of ether oxygens (including phenoxy) is 1. The molecule has 29 heavy (non-hydrogen) atoms. The van der Waals surface area contributed by atoms with Gasteiger partial charge >= 0.3 is 0 Å². The number of aromatic nitrogens is 3. The number of carbonyl (C=O) groups is 1. The molecule has 1 aliphatic rings. The second kappa shape index (κ2) is 8.43. The molecule has 0 bridgehead atoms. The highest BCUT2D eigenvalue weighted by Crippen LogP contribution is 2.27. The van der Waals surface area contributed by atoms with E-state index in [-0.39, 0.29) is 11.9 Å². The van der Waals surface area contributed by atoms with Crippen LogP contribution < -0.4 is 15.4 Å². The SMILES string of the molecule is COc1ccc(-c2ccc3ncnc(N[C@@H](C)C(=O)NC4CCCC4)c3c2)cn1. The Morgan fingerprint density at radius 3 is 2.62 bits per heavy atom. The van der Waals surface area contributed by atoms with E-state index in [1.165, 1.54) is 19.2 Å². The summed E-state index contributed by atoms with van der Waals surface area (Å²) in [7, 11) is 1.59. The van der Waals surface area contributed by atoms with Crippen molar-refractivity contribution < 1.29 is 9.53 Å². The number of amides is 1. The number of fused-ring (bicyclic) bond motifs is 1. The number of nitrogens with one attached hydrogen (secondary N) is 2. The molecule has 0 spiro atoms. The van der Waals surface area contributed by atoms with Crippen LogP contribution in [0.4, 0.5) is 5.82 Å². The number of rotatable bonds is 6. The summed E-state index contributed by atoms with van der Waals surface area (Å²) in [4.78, 5) is 25.6. The largest absolute Gasteiger partial charge is 0.481 e. The molecule has 0 radical (unpaired) electrons. The third kappa shape index (κ3) is 4.29. The molecule has 0 aliphatic heterocycles. The van der Waals surface area contributed by atoms with Crippen LogP contribution in [0.2, 0.25) is 0 Å². The van der Waals surface area contributed by atoms with Crippen LogP contribution in [-0.4, -0.2) is 40.1 Å². The van der Waals surface area contributed by atoms with Crippen molar-refractivity contribution in [2.24, 2.45) is 0 Å². The van der Waals surface area contributed by atoms with E-state index in [1.54, 1.807) is 13.3 Å². The third-order valence-electron chi connectivity index (χ3n) is 5.36. The van der Waals surface area contributed by atoms with Crippen molar-refractivity contribution in [2.45, 2.75) is 44.7 Å². The topological polar surface area (TPSA) is 89.0 Å². The van der Waals surface area contributed by atoms with E-state index in [1.807, 2.05) is 37.3 Å². The van der Waals surface area contributed by atoms with Gasteiger partial charge in [-0.1, -0.05) is 18.9 Å². The number of anilines is 1. The third-order valence-corrected chi connectivity index (χ3v) is 5.36. The van der Waals surface area contributed by atoms with E-state index in [0.29, 0.717) is 17.7 Å². The summed E-state index contributed by atoms with van der Waals surface area (Å²) >= 11 is 0. The molecule has 2 aromatic heterocycles. The summed E-state index contributed by atoms with van der Waals surface area (Å²) < 4.78 is 5.13. The van der Waals surface area contributed by atoms with Gasteiger partial charge in [0, 0.05) is 29.3 Å². The summed E-state index contributed by atoms with van der Waals surface area (Å²) in [6.07, 6.45) is 7.79. The number of benzene rings is 1. The van der Waals surface area contributed by atoms with Crippen LogP contribution >= 0.6 is 0 Å². The highest BCUT2D eigenvalue weighted by molar-refractivity contribution is 5.94. The summed E-state index contributed by atoms with van der Waals surface area (Å²) in [6, 6.07) is 9.66. The molecule has 0 unspecified atom stereocenters. The van der Waals surface area contributed by atoms with E-state index < -0.39 is 0 Å². The van der Waals surface area contributed by atoms with Gasteiger partial charge in [0.1, 0.15) is 18.2 Å². The maximum Gasteiger partial charge on any atom is 0.242 e. The zero-order valence-electron chi connectivity index (χ0n) is 16.7. The van der Waals surface area contributed by atoms with E-state index >= 15 is 0 Å². The van der Waals surface area contributed by atoms with Crippen LogP contribution in [-0.2, 0) is 4.79 Å². The predicted molar refractivity (Wildman–Crippen MR) is 113 cm³/mol. The van der Waals surface area contributed by atoms with E-state index in [2.05, 4.69) is 25.6 Å². The molecular weight excluding hydrogens is 366 g/mol. The minimum Gasteiger partial charge on any atom is -0.481 e. The van der Waals surface area contributed by atoms with Crippen molar-refractivity contribution in [3.8, 4) is 17.0 Å². The maximum atomic E-state index is 12.6. The number of hydrogen-bond donors (Lipinski definition) is 2. The van der Waals surface area contributed by atoms with Crippen LogP contribution in [0.5, 0.6) is 5.88 Å². The molecule has 7 nitrogen and oxygen atoms in total. The molecule has 1 aliphatic carbocycles. The number of hydrogen-bond acceptors (Lipinski definition) is 6. The van der Waals surface area contributed by atoms with E-state index in [9.17, 15) is 4.79 Å². The molecule has 1 aromatic carbocycles. The summed E-state index contributed by atoms with van der Waals surface area (Å²) in [5.74, 6) is 1.22. The Morgan fingerprint density at radius 1 is 1.10 bits per heavy atom. The van der Waals surface area contributed by atoms with Crippen LogP contribution in [0, 0.1) is 0 Å². The lowest BCUT2D eigenvalue weighted by Crippen LogP contribution is -2.42. The Kier molecular flexibility index (Phi) is 5.55. The molecule has 0 saturated heterocycles. The molecular formula is C22H25N5O2. The van der Waals surface area contributed by atoms with E-state index in [4.69, 9.17) is 4.74 Å². The van der Waals surface area contributed by atoms with Crippen LogP contribution in [0.3, 0.4) is 0 Å². The average Bonchev–Trinajstić information content (AvgIpc) is 3.27. The standard InChI is InChI=1S/C22H25N5O2/c1-14(22(28)27-17-5-3-4-6-17)26-21-18-11-15(7-9-19(18)24-13-25-21)16-8-10-20(29-2)23-12-16/h7-14,17H,3-6H2,1-2H3,(H,27,28)(H,24,25,26)/t14-/m0/s1. The highest BCUT2D eigenvalue weighted by atomic mass is 16.5. The Bertz CT molecular complexity index is 1000. The minimum absolute atomic E-state index is 0.000767. The van der Waals surface area contributed by atoms with Gasteiger partial charge in [-0.15, -0.1) is 0 Å². The van der Waals surface area contributed by atoms with Crippen LogP contribution in [0.1, 0.15) is 32.6 Å². The second-order valence-electron chi connectivity index (χ2n) is 7.40. The maximum absolute atomic E-state index is 12.6. The van der Waals surface area contributed by atoms with Crippen LogP contribution in [0.25, 0.3) is 22.0 Å². The molecule has 4 rings (SSSR count). The fourth-order valence-electron chi connectivity index (χ4n) is 3.69. The van der Waals surface area contributed by atoms with Crippen molar-refractivity contribution in [2.75, 3.05) is 12.4 Å². The van der Waals surface area contributed by atoms with Gasteiger partial charge in [-0.3, -0.25) is 4.79 Å². The Hall–Kier alpha value is -3.22. The molecule has 1 amide bonds. The number of carbonyl (C=O) groups excluding carboxylic acids is 1. The van der Waals surface area contributed by atoms with Gasteiger partial charge in [0.05, 0.1) is 12.6 Å². The Labute approximate surface area is 169 Å². The molecule has 7 heteroatoms. The second-order valence-corrected chi connectivity index (χ2v) is 7.40. The molecule has 3 aromatic rings. The Morgan fingerprint density at radius 2 is 1.90 bits per heavy atom. The molecule has 1 fully saturated rings. The zero-order chi connectivity index (χ0) is 20.2. The monoisotopic (exact) mass is 391 g/mol. The van der Waals surface area contributed by atoms with Crippen molar-refractivity contribution in [3.63, 3.8) is 0 Å². The lowest BCUT2D eigenvalue weighted by Gasteiger charge is -2.19. The fraction of sp³-hybridized carbons (Fsp3) is 0.364. The minimum atomic E-state index is -0.389. The van der Waals surface area contributed by atoms with Crippen molar-refractivity contribution >= 4 is 22.6 Å². The summed E-state index contributed by atoms with van der Waals surface area (Å²) in [5, 5.41) is 7.25. The van der Waals surface area contributed by atoms with Gasteiger partial charge in [-0.25, -0.2) is 15.0 Å². The molecule has 1 atom stereocenters. The first-order chi connectivity index (χ1) is 14.1. The first kappa shape index (κ1) is 19.1. The molecule has 2 heterocycles. The van der Waals surface area contributed by atoms with Gasteiger partial charge in [-0.05, 0) is 43.5 Å². The lowest BCUT2D eigenvalue weighted by atomic mass is 10.1. The quantitative estimate of drug-likeness (QED) is 0.668. The average molecular weight is 391 g/mol. The van der Waals surface area contributed by atoms with Gasteiger partial charge < -0.3 is 15.4 Å². The Balaban J connectivity index is 1.57. The summed E-state index contributed by atoms with van der Waals surface area (Å²) in [6.45, 7) is 1.86. The van der Waals surface area contributed by atoms with Gasteiger partial charge in [0.25, 0.3) is 0 Å². The van der Waals surface area contributed by atoms with Gasteiger partial charge in [-0.2, -0.15) is 0 Å². The highest BCUT2D eigenvalue weighted by Gasteiger charge is 2.21. The molecule has 1 saturated carbocycles. The lowest BCUT2D eigenvalue weighted by molar-refractivity contribution is -0.122. The smallest absolute Gasteiger partial charge is 0.242 e. The summed E-state index contributed by atoms with van der Waals surface area (Å²) in [5.41, 5.74) is 2.78. The molecule has 150 valence electrons. The fourth-order valence-corrected chi connectivity index (χ4v) is 3.69. The zero-order valence-corrected chi connectivity index (χ0v) is 16.7. The van der Waals surface area contributed by atoms with Crippen LogP contribution in [0.15, 0.2) is 42.9 Å². The number of nitrogens with zero attached hydrogens (tertiary/aromatic N) is 3. The van der Waals surface area contributed by atoms with E-state index in [0.717, 1.165) is 34.9 Å². The predicted octanol–water partition coefficient (Wildman–Crippen LogP) is 3.56. The first-order valence-electron chi connectivity index (χ1n) is 9.96. The number of methoxy groups -OCH3 is 1. The van der Waals surface area contributed by atoms with Gasteiger partial charge in [0.2, 0.25) is 11.8 Å².